The summed E-state index contributed by atoms with van der Waals surface area (Å²) in [6.07, 6.45) is -4.27. The Morgan fingerprint density at radius 1 is 1.15 bits per heavy atom. The summed E-state index contributed by atoms with van der Waals surface area (Å²) in [6, 6.07) is 6.82. The van der Waals surface area contributed by atoms with Crippen LogP contribution in [0.2, 0.25) is 10.0 Å². The topological polar surface area (TPSA) is 88.5 Å². The summed E-state index contributed by atoms with van der Waals surface area (Å²) < 4.78 is 43.1. The van der Waals surface area contributed by atoms with Crippen LogP contribution in [0.25, 0.3) is 0 Å². The molecule has 1 saturated carbocycles. The van der Waals surface area contributed by atoms with Crippen molar-refractivity contribution < 1.29 is 37.2 Å². The second-order valence-electron chi connectivity index (χ2n) is 9.95. The van der Waals surface area contributed by atoms with Gasteiger partial charge in [0.2, 0.25) is 5.91 Å². The lowest BCUT2D eigenvalue weighted by atomic mass is 9.86. The highest BCUT2D eigenvalue weighted by molar-refractivity contribution is 6.34. The van der Waals surface area contributed by atoms with Crippen LogP contribution >= 0.6 is 23.2 Å². The first-order valence-electron chi connectivity index (χ1n) is 12.6. The van der Waals surface area contributed by atoms with E-state index in [1.54, 1.807) is 13.8 Å². The fourth-order valence-electron chi connectivity index (χ4n) is 4.87. The molecule has 13 heteroatoms. The molecule has 3 aliphatic rings. The minimum Gasteiger partial charge on any atom is -0.374 e. The summed E-state index contributed by atoms with van der Waals surface area (Å²) in [4.78, 5) is 50.9. The molecule has 0 bridgehead atoms. The van der Waals surface area contributed by atoms with Gasteiger partial charge in [-0.1, -0.05) is 34.4 Å². The normalized spacial score (nSPS) is 22.8. The molecule has 2 aromatic rings. The van der Waals surface area contributed by atoms with E-state index in [-0.39, 0.29) is 46.0 Å². The van der Waals surface area contributed by atoms with E-state index < -0.39 is 42.0 Å². The molecule has 3 amide bonds. The van der Waals surface area contributed by atoms with Gasteiger partial charge in [-0.3, -0.25) is 24.1 Å². The van der Waals surface area contributed by atoms with Gasteiger partial charge in [-0.2, -0.15) is 13.2 Å². The van der Waals surface area contributed by atoms with Crippen molar-refractivity contribution in [1.82, 2.24) is 9.96 Å². The first-order chi connectivity index (χ1) is 18.9. The number of aryl methyl sites for hydroxylation is 1. The zero-order valence-electron chi connectivity index (χ0n) is 21.4. The van der Waals surface area contributed by atoms with Crippen molar-refractivity contribution in [3.63, 3.8) is 0 Å². The number of alkyl halides is 3. The lowest BCUT2D eigenvalue weighted by molar-refractivity contribution is -0.275. The molecule has 2 heterocycles. The van der Waals surface area contributed by atoms with Gasteiger partial charge in [0.05, 0.1) is 5.71 Å². The fourth-order valence-corrected chi connectivity index (χ4v) is 5.40. The number of hydrogen-bond acceptors (Lipinski definition) is 6. The Balaban J connectivity index is 1.43. The molecule has 2 aliphatic heterocycles. The van der Waals surface area contributed by atoms with Gasteiger partial charge in [0.1, 0.15) is 12.6 Å². The number of likely N-dealkylation sites (N-methyl/N-ethyl adjacent to an activating group) is 1. The number of hydroxylamine groups is 2. The van der Waals surface area contributed by atoms with E-state index in [1.807, 2.05) is 0 Å². The second-order valence-corrected chi connectivity index (χ2v) is 10.8. The van der Waals surface area contributed by atoms with E-state index in [0.29, 0.717) is 24.0 Å². The van der Waals surface area contributed by atoms with Gasteiger partial charge < -0.3 is 4.84 Å². The largest absolute Gasteiger partial charge is 0.435 e. The highest BCUT2D eigenvalue weighted by Gasteiger charge is 2.62. The maximum absolute atomic E-state index is 14.4. The minimum absolute atomic E-state index is 0.000562. The Labute approximate surface area is 237 Å². The van der Waals surface area contributed by atoms with Gasteiger partial charge in [0, 0.05) is 40.1 Å². The molecule has 2 fully saturated rings. The van der Waals surface area contributed by atoms with Crippen LogP contribution in [0.4, 0.5) is 13.2 Å². The van der Waals surface area contributed by atoms with Gasteiger partial charge in [0.15, 0.2) is 0 Å². The molecule has 0 spiro atoms. The molecule has 5 rings (SSSR count). The number of oxime groups is 1. The Bertz CT molecular complexity index is 1410. The Hall–Kier alpha value is -3.15. The Morgan fingerprint density at radius 2 is 1.82 bits per heavy atom. The first kappa shape index (κ1) is 28.4. The predicted molar refractivity (Wildman–Crippen MR) is 139 cm³/mol. The number of hydrogen-bond donors (Lipinski definition) is 0. The lowest BCUT2D eigenvalue weighted by Crippen LogP contribution is -2.50. The molecule has 8 nitrogen and oxygen atoms in total. The van der Waals surface area contributed by atoms with Crippen LogP contribution in [-0.4, -0.2) is 58.8 Å². The second kappa shape index (κ2) is 10.4. The zero-order valence-corrected chi connectivity index (χ0v) is 22.9. The summed E-state index contributed by atoms with van der Waals surface area (Å²) in [7, 11) is 0. The molecular weight excluding hydrogens is 574 g/mol. The summed E-state index contributed by atoms with van der Waals surface area (Å²) in [5.41, 5.74) is -2.29. The molecule has 40 heavy (non-hydrogen) atoms. The Morgan fingerprint density at radius 3 is 2.38 bits per heavy atom. The van der Waals surface area contributed by atoms with E-state index >= 15 is 0 Å². The maximum atomic E-state index is 14.4. The van der Waals surface area contributed by atoms with E-state index in [9.17, 15) is 27.6 Å². The Kier molecular flexibility index (Phi) is 7.35. The summed E-state index contributed by atoms with van der Waals surface area (Å²) in [6.45, 7) is 3.41. The molecule has 0 aromatic heterocycles. The minimum atomic E-state index is -4.86. The van der Waals surface area contributed by atoms with Crippen LogP contribution in [0.15, 0.2) is 41.6 Å². The molecule has 1 unspecified atom stereocenters. The first-order valence-corrected chi connectivity index (χ1v) is 13.3. The fraction of sp³-hybridized carbons (Fsp3) is 0.407. The number of halogens is 5. The third-order valence-corrected chi connectivity index (χ3v) is 7.64. The van der Waals surface area contributed by atoms with Crippen LogP contribution in [-0.2, 0) is 24.9 Å². The number of rotatable bonds is 6. The quantitative estimate of drug-likeness (QED) is 0.415. The van der Waals surface area contributed by atoms with Crippen LogP contribution < -0.4 is 0 Å². The molecular formula is C27H24Cl2F3N3O5. The SMILES string of the molecule is CCN1OC[C@@H](N(C(=O)c2ccc(C3=NOC(c4cc(Cl)cc(Cl)c4)(C(F)(F)F)C3)cc2C)C(=O)C2CC2)C1=O. The van der Waals surface area contributed by atoms with Crippen LogP contribution in [0.3, 0.4) is 0 Å². The van der Waals surface area contributed by atoms with E-state index in [4.69, 9.17) is 32.9 Å². The van der Waals surface area contributed by atoms with E-state index in [2.05, 4.69) is 5.16 Å². The molecule has 0 N–H and O–H groups in total. The third-order valence-electron chi connectivity index (χ3n) is 7.21. The van der Waals surface area contributed by atoms with Gasteiger partial charge in [0.25, 0.3) is 17.4 Å². The highest BCUT2D eigenvalue weighted by atomic mass is 35.5. The van der Waals surface area contributed by atoms with Crippen LogP contribution in [0.1, 0.15) is 53.2 Å². The van der Waals surface area contributed by atoms with Crippen LogP contribution in [0.5, 0.6) is 0 Å². The van der Waals surface area contributed by atoms with Gasteiger partial charge >= 0.3 is 6.18 Å². The monoisotopic (exact) mass is 597 g/mol. The van der Waals surface area contributed by atoms with E-state index in [0.717, 1.165) is 22.1 Å². The van der Waals surface area contributed by atoms with Gasteiger partial charge in [-0.25, -0.2) is 5.06 Å². The van der Waals surface area contributed by atoms with Crippen molar-refractivity contribution in [3.05, 3.63) is 68.7 Å². The molecule has 212 valence electrons. The van der Waals surface area contributed by atoms with Gasteiger partial charge in [-0.05, 0) is 68.1 Å². The van der Waals surface area contributed by atoms with Crippen molar-refractivity contribution in [2.24, 2.45) is 11.1 Å². The summed E-state index contributed by atoms with van der Waals surface area (Å²) >= 11 is 11.9. The molecule has 1 aliphatic carbocycles. The standard InChI is InChI=1S/C27H24Cl2F3N3O5/c1-3-34-25(38)22(13-39-34)35(23(36)15-4-5-15)24(37)20-7-6-16(8-14(20)2)21-12-26(40-33-21,27(30,31)32)17-9-18(28)11-19(29)10-17/h6-11,15,22H,3-5,12-13H2,1-2H3/t22-,26?/m1/s1. The van der Waals surface area contributed by atoms with Crippen molar-refractivity contribution in [3.8, 4) is 0 Å². The van der Waals surface area contributed by atoms with Crippen molar-refractivity contribution in [1.29, 1.82) is 0 Å². The lowest BCUT2D eigenvalue weighted by Gasteiger charge is -2.29. The number of amides is 3. The number of benzene rings is 2. The van der Waals surface area contributed by atoms with Crippen molar-refractivity contribution in [2.45, 2.75) is 50.9 Å². The summed E-state index contributed by atoms with van der Waals surface area (Å²) in [5.74, 6) is -1.95. The average Bonchev–Trinajstić information content (AvgIpc) is 3.52. The smallest absolute Gasteiger partial charge is 0.374 e. The van der Waals surface area contributed by atoms with Crippen molar-refractivity contribution >= 4 is 46.6 Å². The predicted octanol–water partition coefficient (Wildman–Crippen LogP) is 5.43. The van der Waals surface area contributed by atoms with Gasteiger partial charge in [-0.15, -0.1) is 0 Å². The number of carbonyl (C=O) groups excluding carboxylic acids is 3. The number of carbonyl (C=O) groups is 3. The number of nitrogens with zero attached hydrogens (tertiary/aromatic N) is 3. The molecule has 2 atom stereocenters. The molecule has 0 radical (unpaired) electrons. The molecule has 2 aromatic carbocycles. The highest BCUT2D eigenvalue weighted by Crippen LogP contribution is 2.49. The summed E-state index contributed by atoms with van der Waals surface area (Å²) in [5, 5.41) is 4.90. The zero-order chi connectivity index (χ0) is 29.0. The average molecular weight is 598 g/mol. The maximum Gasteiger partial charge on any atom is 0.435 e. The third kappa shape index (κ3) is 4.95. The van der Waals surface area contributed by atoms with Crippen molar-refractivity contribution in [2.75, 3.05) is 13.2 Å². The molecule has 1 saturated heterocycles. The van der Waals surface area contributed by atoms with E-state index in [1.165, 1.54) is 24.3 Å². The number of imide groups is 1. The van der Waals surface area contributed by atoms with Crippen LogP contribution in [0, 0.1) is 12.8 Å².